The molecule has 2 fully saturated rings. The van der Waals surface area contributed by atoms with Crippen molar-refractivity contribution in [2.24, 2.45) is 0 Å². The predicted molar refractivity (Wildman–Crippen MR) is 87.3 cm³/mol. The normalized spacial score (nSPS) is 27.5. The second-order valence-electron chi connectivity index (χ2n) is 5.94. The summed E-state index contributed by atoms with van der Waals surface area (Å²) in [5.74, 6) is 0.477. The third kappa shape index (κ3) is 3.58. The summed E-state index contributed by atoms with van der Waals surface area (Å²) in [6.07, 6.45) is -2.18. The topological polar surface area (TPSA) is 71.1 Å². The summed E-state index contributed by atoms with van der Waals surface area (Å²) < 4.78 is 22.6. The van der Waals surface area contributed by atoms with Crippen molar-refractivity contribution in [2.75, 3.05) is 11.5 Å². The Morgan fingerprint density at radius 2 is 1.83 bits per heavy atom. The molecule has 1 unspecified atom stereocenters. The molecule has 3 rings (SSSR count). The van der Waals surface area contributed by atoms with E-state index >= 15 is 0 Å². The van der Waals surface area contributed by atoms with Gasteiger partial charge in [-0.15, -0.1) is 0 Å². The van der Waals surface area contributed by atoms with E-state index in [1.807, 2.05) is 30.3 Å². The highest BCUT2D eigenvalue weighted by Crippen LogP contribution is 2.46. The number of carbonyl (C=O) groups excluding carboxylic acids is 2. The van der Waals surface area contributed by atoms with Crippen LogP contribution in [-0.4, -0.2) is 47.5 Å². The van der Waals surface area contributed by atoms with E-state index in [1.165, 1.54) is 13.8 Å². The highest BCUT2D eigenvalue weighted by molar-refractivity contribution is 8.00. The van der Waals surface area contributed by atoms with Gasteiger partial charge in [0.1, 0.15) is 11.7 Å². The first kappa shape index (κ1) is 17.3. The number of rotatable bonds is 5. The van der Waals surface area contributed by atoms with Crippen molar-refractivity contribution in [1.29, 1.82) is 0 Å². The molecule has 0 aliphatic carbocycles. The van der Waals surface area contributed by atoms with Crippen molar-refractivity contribution in [3.05, 3.63) is 35.9 Å². The quantitative estimate of drug-likeness (QED) is 0.750. The van der Waals surface area contributed by atoms with E-state index < -0.39 is 36.0 Å². The molecule has 1 spiro atoms. The summed E-state index contributed by atoms with van der Waals surface area (Å²) in [7, 11) is 0. The van der Waals surface area contributed by atoms with Gasteiger partial charge in [-0.05, 0) is 5.56 Å². The van der Waals surface area contributed by atoms with Crippen LogP contribution in [0.2, 0.25) is 0 Å². The van der Waals surface area contributed by atoms with Crippen LogP contribution in [0.5, 0.6) is 0 Å². The maximum atomic E-state index is 11.5. The van der Waals surface area contributed by atoms with Gasteiger partial charge >= 0.3 is 11.9 Å². The van der Waals surface area contributed by atoms with Gasteiger partial charge in [-0.25, -0.2) is 0 Å². The van der Waals surface area contributed by atoms with E-state index in [4.69, 9.17) is 18.9 Å². The van der Waals surface area contributed by atoms with Crippen LogP contribution in [0.3, 0.4) is 0 Å². The Kier molecular flexibility index (Phi) is 5.12. The van der Waals surface area contributed by atoms with Crippen molar-refractivity contribution in [1.82, 2.24) is 0 Å². The SMILES string of the molecule is CC(=O)OC1OC2(CSC2)[C@H](OCc2ccccc2)[C@H]1OC(C)=O. The van der Waals surface area contributed by atoms with Gasteiger partial charge in [0.2, 0.25) is 6.29 Å². The van der Waals surface area contributed by atoms with Gasteiger partial charge in [-0.2, -0.15) is 11.8 Å². The number of hydrogen-bond donors (Lipinski definition) is 0. The first-order chi connectivity index (χ1) is 11.5. The lowest BCUT2D eigenvalue weighted by Gasteiger charge is -2.40. The highest BCUT2D eigenvalue weighted by atomic mass is 32.2. The van der Waals surface area contributed by atoms with Crippen molar-refractivity contribution in [3.63, 3.8) is 0 Å². The van der Waals surface area contributed by atoms with Crippen LogP contribution in [0, 0.1) is 0 Å². The third-order valence-corrected chi connectivity index (χ3v) is 5.37. The molecular weight excluding hydrogens is 332 g/mol. The maximum absolute atomic E-state index is 11.5. The van der Waals surface area contributed by atoms with Gasteiger partial charge in [0.15, 0.2) is 6.10 Å². The molecule has 1 aromatic carbocycles. The Balaban J connectivity index is 1.78. The van der Waals surface area contributed by atoms with Crippen LogP contribution in [0.1, 0.15) is 19.4 Å². The van der Waals surface area contributed by atoms with E-state index in [-0.39, 0.29) is 0 Å². The van der Waals surface area contributed by atoms with Crippen LogP contribution in [0.25, 0.3) is 0 Å². The molecule has 0 amide bonds. The lowest BCUT2D eigenvalue weighted by atomic mass is 9.98. The maximum Gasteiger partial charge on any atom is 0.305 e. The van der Waals surface area contributed by atoms with Crippen LogP contribution >= 0.6 is 11.8 Å². The Morgan fingerprint density at radius 3 is 2.38 bits per heavy atom. The number of ether oxygens (including phenoxy) is 4. The molecule has 0 aromatic heterocycles. The first-order valence-electron chi connectivity index (χ1n) is 7.76. The van der Waals surface area contributed by atoms with Gasteiger partial charge in [0, 0.05) is 25.4 Å². The molecule has 2 aliphatic heterocycles. The lowest BCUT2D eigenvalue weighted by molar-refractivity contribution is -0.200. The number of thioether (sulfide) groups is 1. The van der Waals surface area contributed by atoms with Gasteiger partial charge in [0.05, 0.1) is 6.61 Å². The third-order valence-electron chi connectivity index (χ3n) is 3.99. The summed E-state index contributed by atoms with van der Waals surface area (Å²) in [5, 5.41) is 0. The average molecular weight is 352 g/mol. The minimum atomic E-state index is -0.937. The smallest absolute Gasteiger partial charge is 0.305 e. The highest BCUT2D eigenvalue weighted by Gasteiger charge is 2.62. The Bertz CT molecular complexity index is 600. The van der Waals surface area contributed by atoms with E-state index in [1.54, 1.807) is 11.8 Å². The summed E-state index contributed by atoms with van der Waals surface area (Å²) >= 11 is 1.71. The molecule has 3 atom stereocenters. The second kappa shape index (κ2) is 7.13. The fourth-order valence-corrected chi connectivity index (χ4v) is 3.98. The van der Waals surface area contributed by atoms with E-state index in [0.717, 1.165) is 5.56 Å². The molecular formula is C17H20O6S. The fraction of sp³-hybridized carbons (Fsp3) is 0.529. The minimum absolute atomic E-state index is 0.367. The molecule has 7 heteroatoms. The zero-order valence-electron chi connectivity index (χ0n) is 13.6. The summed E-state index contributed by atoms with van der Waals surface area (Å²) in [6, 6.07) is 9.73. The molecule has 0 N–H and O–H groups in total. The van der Waals surface area contributed by atoms with Crippen molar-refractivity contribution >= 4 is 23.7 Å². The molecule has 2 saturated heterocycles. The van der Waals surface area contributed by atoms with Gasteiger partial charge in [-0.1, -0.05) is 30.3 Å². The van der Waals surface area contributed by atoms with Crippen molar-refractivity contribution in [3.8, 4) is 0 Å². The van der Waals surface area contributed by atoms with Crippen LogP contribution in [-0.2, 0) is 35.1 Å². The summed E-state index contributed by atoms with van der Waals surface area (Å²) in [5.41, 5.74) is 0.428. The zero-order valence-corrected chi connectivity index (χ0v) is 14.4. The van der Waals surface area contributed by atoms with Crippen LogP contribution < -0.4 is 0 Å². The number of hydrogen-bond acceptors (Lipinski definition) is 7. The molecule has 1 aromatic rings. The fourth-order valence-electron chi connectivity index (χ4n) is 2.91. The van der Waals surface area contributed by atoms with Gasteiger partial charge < -0.3 is 18.9 Å². The van der Waals surface area contributed by atoms with Gasteiger partial charge in [-0.3, -0.25) is 9.59 Å². The average Bonchev–Trinajstić information content (AvgIpc) is 2.79. The molecule has 24 heavy (non-hydrogen) atoms. The monoisotopic (exact) mass is 352 g/mol. The summed E-state index contributed by atoms with van der Waals surface area (Å²) in [6.45, 7) is 2.99. The van der Waals surface area contributed by atoms with E-state index in [2.05, 4.69) is 0 Å². The second-order valence-corrected chi connectivity index (χ2v) is 6.93. The number of carbonyl (C=O) groups is 2. The molecule has 6 nitrogen and oxygen atoms in total. The largest absolute Gasteiger partial charge is 0.453 e. The lowest BCUT2D eigenvalue weighted by Crippen LogP contribution is -2.55. The van der Waals surface area contributed by atoms with Crippen molar-refractivity contribution in [2.45, 2.75) is 44.6 Å². The van der Waals surface area contributed by atoms with Crippen LogP contribution in [0.15, 0.2) is 30.3 Å². The molecule has 0 radical (unpaired) electrons. The van der Waals surface area contributed by atoms with Crippen LogP contribution in [0.4, 0.5) is 0 Å². The molecule has 0 saturated carbocycles. The zero-order chi connectivity index (χ0) is 17.2. The molecule has 2 heterocycles. The predicted octanol–water partition coefficient (Wildman–Crippen LogP) is 1.91. The Labute approximate surface area is 144 Å². The standard InChI is InChI=1S/C17H20O6S/c1-11(18)21-14-15(20-8-13-6-4-3-5-7-13)17(9-24-10-17)23-16(14)22-12(2)19/h3-7,14-16H,8-10H2,1-2H3/t14-,15-,16?/m1/s1. The molecule has 130 valence electrons. The number of esters is 2. The minimum Gasteiger partial charge on any atom is -0.453 e. The van der Waals surface area contributed by atoms with E-state index in [0.29, 0.717) is 18.1 Å². The van der Waals surface area contributed by atoms with Crippen molar-refractivity contribution < 1.29 is 28.5 Å². The Hall–Kier alpha value is -1.57. The molecule has 2 aliphatic rings. The number of benzene rings is 1. The molecule has 0 bridgehead atoms. The Morgan fingerprint density at radius 1 is 1.17 bits per heavy atom. The summed E-state index contributed by atoms with van der Waals surface area (Å²) in [4.78, 5) is 22.8. The van der Waals surface area contributed by atoms with E-state index in [9.17, 15) is 9.59 Å². The first-order valence-corrected chi connectivity index (χ1v) is 8.91. The van der Waals surface area contributed by atoms with Gasteiger partial charge in [0.25, 0.3) is 0 Å².